The molecular weight excluding hydrogens is 384 g/mol. The summed E-state index contributed by atoms with van der Waals surface area (Å²) in [4.78, 5) is 13.8. The van der Waals surface area contributed by atoms with Crippen LogP contribution in [0.4, 0.5) is 0 Å². The summed E-state index contributed by atoms with van der Waals surface area (Å²) < 4.78 is 11.1. The standard InChI is InChI=1S/C23H20N2O3S/c1-2-28-22(26)19-14-27-13-18(20-9-6-12-29-20)10-11-23(15-24,16-25)21(19)17-7-4-3-5-8-17/h3-10,12H,2,11,13-14H2,1H3/b18-10+,21-19+. The molecule has 0 saturated carbocycles. The predicted octanol–water partition coefficient (Wildman–Crippen LogP) is 4.60. The highest BCUT2D eigenvalue weighted by Gasteiger charge is 2.39. The number of hydrogen-bond acceptors (Lipinski definition) is 6. The molecule has 146 valence electrons. The van der Waals surface area contributed by atoms with E-state index in [1.807, 2.05) is 41.8 Å². The van der Waals surface area contributed by atoms with Crippen molar-refractivity contribution in [1.82, 2.24) is 0 Å². The van der Waals surface area contributed by atoms with E-state index in [2.05, 4.69) is 12.1 Å². The number of nitrogens with zero attached hydrogens (tertiary/aromatic N) is 2. The van der Waals surface area contributed by atoms with Crippen molar-refractivity contribution < 1.29 is 14.3 Å². The van der Waals surface area contributed by atoms with Crippen LogP contribution in [0.5, 0.6) is 0 Å². The zero-order valence-corrected chi connectivity index (χ0v) is 16.9. The lowest BCUT2D eigenvalue weighted by molar-refractivity contribution is -0.139. The van der Waals surface area contributed by atoms with Crippen LogP contribution in [0, 0.1) is 28.1 Å². The molecule has 0 N–H and O–H groups in total. The van der Waals surface area contributed by atoms with Gasteiger partial charge in [0.05, 0.1) is 37.5 Å². The molecule has 0 saturated heterocycles. The lowest BCUT2D eigenvalue weighted by Gasteiger charge is -2.24. The zero-order valence-electron chi connectivity index (χ0n) is 16.1. The van der Waals surface area contributed by atoms with Crippen LogP contribution in [0.25, 0.3) is 11.1 Å². The van der Waals surface area contributed by atoms with E-state index in [1.165, 1.54) is 0 Å². The molecule has 0 amide bonds. The van der Waals surface area contributed by atoms with Crippen molar-refractivity contribution in [3.8, 4) is 12.1 Å². The SMILES string of the molecule is CCOC(=O)/C1=C(\c2ccccc2)C(C#N)(C#N)C/C=C(/c2cccs2)COC1. The first-order valence-corrected chi connectivity index (χ1v) is 10.1. The van der Waals surface area contributed by atoms with E-state index >= 15 is 0 Å². The molecule has 0 spiro atoms. The number of hydrogen-bond donors (Lipinski definition) is 0. The smallest absolute Gasteiger partial charge is 0.336 e. The van der Waals surface area contributed by atoms with Crippen LogP contribution >= 0.6 is 11.3 Å². The van der Waals surface area contributed by atoms with Gasteiger partial charge in [-0.15, -0.1) is 11.3 Å². The molecule has 5 nitrogen and oxygen atoms in total. The molecule has 0 unspecified atom stereocenters. The minimum absolute atomic E-state index is 0.0448. The van der Waals surface area contributed by atoms with Gasteiger partial charge in [0.2, 0.25) is 0 Å². The highest BCUT2D eigenvalue weighted by molar-refractivity contribution is 7.11. The topological polar surface area (TPSA) is 83.1 Å². The largest absolute Gasteiger partial charge is 0.463 e. The quantitative estimate of drug-likeness (QED) is 0.695. The molecule has 1 aromatic carbocycles. The third kappa shape index (κ3) is 4.30. The average Bonchev–Trinajstić information content (AvgIpc) is 3.30. The fourth-order valence-electron chi connectivity index (χ4n) is 3.30. The average molecular weight is 404 g/mol. The van der Waals surface area contributed by atoms with E-state index in [4.69, 9.17) is 9.47 Å². The van der Waals surface area contributed by atoms with Crippen molar-refractivity contribution in [2.45, 2.75) is 13.3 Å². The van der Waals surface area contributed by atoms with Crippen molar-refractivity contribution in [3.05, 3.63) is 69.9 Å². The van der Waals surface area contributed by atoms with Crippen LogP contribution in [0.3, 0.4) is 0 Å². The summed E-state index contributed by atoms with van der Waals surface area (Å²) in [6.07, 6.45) is 2.01. The molecule has 0 bridgehead atoms. The molecule has 1 aromatic heterocycles. The second-order valence-corrected chi connectivity index (χ2v) is 7.42. The minimum Gasteiger partial charge on any atom is -0.463 e. The Morgan fingerprint density at radius 3 is 2.55 bits per heavy atom. The molecule has 1 aliphatic heterocycles. The van der Waals surface area contributed by atoms with Gasteiger partial charge >= 0.3 is 5.97 Å². The van der Waals surface area contributed by atoms with E-state index in [-0.39, 0.29) is 31.8 Å². The summed E-state index contributed by atoms with van der Waals surface area (Å²) in [6.45, 7) is 2.14. The number of ether oxygens (including phenoxy) is 2. The van der Waals surface area contributed by atoms with E-state index in [0.29, 0.717) is 11.1 Å². The van der Waals surface area contributed by atoms with Crippen LogP contribution in [0.1, 0.15) is 23.8 Å². The predicted molar refractivity (Wildman–Crippen MR) is 111 cm³/mol. The third-order valence-corrected chi connectivity index (χ3v) is 5.64. The normalized spacial score (nSPS) is 20.7. The molecule has 6 heteroatoms. The molecule has 1 aliphatic rings. The summed E-state index contributed by atoms with van der Waals surface area (Å²) in [5.74, 6) is -0.569. The number of nitriles is 2. The van der Waals surface area contributed by atoms with Crippen LogP contribution < -0.4 is 0 Å². The summed E-state index contributed by atoms with van der Waals surface area (Å²) in [5.41, 5.74) is 0.550. The number of carbonyl (C=O) groups is 1. The van der Waals surface area contributed by atoms with E-state index in [9.17, 15) is 15.3 Å². The highest BCUT2D eigenvalue weighted by atomic mass is 32.1. The molecular formula is C23H20N2O3S. The monoisotopic (exact) mass is 404 g/mol. The second kappa shape index (κ2) is 9.34. The fraction of sp³-hybridized carbons (Fsp3) is 0.261. The summed E-state index contributed by atoms with van der Waals surface area (Å²) >= 11 is 1.56. The molecule has 0 radical (unpaired) electrons. The Morgan fingerprint density at radius 2 is 1.93 bits per heavy atom. The van der Waals surface area contributed by atoms with Gasteiger partial charge in [-0.05, 0) is 29.5 Å². The van der Waals surface area contributed by atoms with Gasteiger partial charge in [-0.1, -0.05) is 42.5 Å². The minimum atomic E-state index is -1.54. The molecule has 0 fully saturated rings. The number of thiophene rings is 1. The lowest BCUT2D eigenvalue weighted by atomic mass is 9.74. The second-order valence-electron chi connectivity index (χ2n) is 6.47. The Labute approximate surface area is 174 Å². The Balaban J connectivity index is 2.21. The Hall–Kier alpha value is -3.19. The first-order chi connectivity index (χ1) is 14.1. The molecule has 0 aliphatic carbocycles. The van der Waals surface area contributed by atoms with Gasteiger partial charge in [0.1, 0.15) is 0 Å². The first-order valence-electron chi connectivity index (χ1n) is 9.24. The van der Waals surface area contributed by atoms with Crippen LogP contribution in [0.2, 0.25) is 0 Å². The number of benzene rings is 1. The van der Waals surface area contributed by atoms with Gasteiger partial charge in [0.25, 0.3) is 0 Å². The Bertz CT molecular complexity index is 995. The van der Waals surface area contributed by atoms with Gasteiger partial charge in [0.15, 0.2) is 5.41 Å². The van der Waals surface area contributed by atoms with Crippen LogP contribution in [-0.4, -0.2) is 25.8 Å². The summed E-state index contributed by atoms with van der Waals surface area (Å²) in [7, 11) is 0. The van der Waals surface area contributed by atoms with E-state index < -0.39 is 11.4 Å². The van der Waals surface area contributed by atoms with Crippen molar-refractivity contribution in [1.29, 1.82) is 10.5 Å². The molecule has 2 aromatic rings. The van der Waals surface area contributed by atoms with Crippen molar-refractivity contribution in [3.63, 3.8) is 0 Å². The molecule has 2 heterocycles. The first kappa shape index (κ1) is 20.5. The van der Waals surface area contributed by atoms with Crippen LogP contribution in [-0.2, 0) is 14.3 Å². The van der Waals surface area contributed by atoms with Crippen molar-refractivity contribution in [2.75, 3.05) is 19.8 Å². The van der Waals surface area contributed by atoms with E-state index in [1.54, 1.807) is 30.4 Å². The van der Waals surface area contributed by atoms with Gasteiger partial charge in [0, 0.05) is 16.9 Å². The Morgan fingerprint density at radius 1 is 1.17 bits per heavy atom. The number of carbonyl (C=O) groups excluding carboxylic acids is 1. The lowest BCUT2D eigenvalue weighted by Crippen LogP contribution is -2.24. The van der Waals surface area contributed by atoms with Crippen molar-refractivity contribution in [2.24, 2.45) is 5.41 Å². The fourth-order valence-corrected chi connectivity index (χ4v) is 4.05. The molecule has 3 rings (SSSR count). The van der Waals surface area contributed by atoms with Gasteiger partial charge in [-0.2, -0.15) is 10.5 Å². The zero-order chi connectivity index (χ0) is 20.7. The number of rotatable bonds is 4. The number of allylic oxidation sites excluding steroid dienone is 2. The highest BCUT2D eigenvalue weighted by Crippen LogP contribution is 2.42. The Kier molecular flexibility index (Phi) is 6.61. The summed E-state index contributed by atoms with van der Waals surface area (Å²) in [5, 5.41) is 22.2. The van der Waals surface area contributed by atoms with Gasteiger partial charge in [-0.25, -0.2) is 4.79 Å². The number of esters is 1. The maximum atomic E-state index is 12.8. The molecule has 0 atom stereocenters. The van der Waals surface area contributed by atoms with E-state index in [0.717, 1.165) is 10.5 Å². The van der Waals surface area contributed by atoms with Crippen LogP contribution in [0.15, 0.2) is 59.5 Å². The third-order valence-electron chi connectivity index (χ3n) is 4.69. The molecule has 29 heavy (non-hydrogen) atoms. The van der Waals surface area contributed by atoms with Gasteiger partial charge in [-0.3, -0.25) is 0 Å². The maximum absolute atomic E-state index is 12.8. The maximum Gasteiger partial charge on any atom is 0.336 e. The van der Waals surface area contributed by atoms with Gasteiger partial charge < -0.3 is 9.47 Å². The van der Waals surface area contributed by atoms with Crippen molar-refractivity contribution >= 4 is 28.5 Å². The summed E-state index contributed by atoms with van der Waals surface area (Å²) in [6, 6.07) is 17.3.